The van der Waals surface area contributed by atoms with Crippen LogP contribution in [0.25, 0.3) is 5.65 Å². The van der Waals surface area contributed by atoms with E-state index >= 15 is 0 Å². The van der Waals surface area contributed by atoms with E-state index in [1.165, 1.54) is 0 Å². The molecule has 5 heteroatoms. The molecule has 1 amide bonds. The summed E-state index contributed by atoms with van der Waals surface area (Å²) >= 11 is 0. The first-order valence-corrected chi connectivity index (χ1v) is 9.24. The van der Waals surface area contributed by atoms with Gasteiger partial charge >= 0.3 is 0 Å². The minimum absolute atomic E-state index is 0.120. The summed E-state index contributed by atoms with van der Waals surface area (Å²) < 4.78 is 1.87. The lowest BCUT2D eigenvalue weighted by Gasteiger charge is -2.22. The van der Waals surface area contributed by atoms with E-state index in [0.717, 1.165) is 33.9 Å². The fourth-order valence-corrected chi connectivity index (χ4v) is 3.41. The first-order chi connectivity index (χ1) is 13.0. The number of hydrogen-bond acceptors (Lipinski definition) is 3. The van der Waals surface area contributed by atoms with Crippen LogP contribution in [0.15, 0.2) is 49.1 Å². The van der Waals surface area contributed by atoms with Gasteiger partial charge in [-0.25, -0.2) is 9.50 Å². The molecule has 0 atom stereocenters. The molecule has 0 saturated carbocycles. The number of aromatic nitrogens is 3. The summed E-state index contributed by atoms with van der Waals surface area (Å²) in [4.78, 5) is 19.3. The van der Waals surface area contributed by atoms with Gasteiger partial charge in [0.05, 0.1) is 5.69 Å². The van der Waals surface area contributed by atoms with E-state index in [1.807, 2.05) is 66.6 Å². The van der Waals surface area contributed by atoms with Crippen LogP contribution in [0.4, 0.5) is 0 Å². The molecule has 0 aliphatic rings. The summed E-state index contributed by atoms with van der Waals surface area (Å²) in [5.74, 6) is 0.120. The Balaban J connectivity index is 1.75. The molecule has 1 aromatic carbocycles. The largest absolute Gasteiger partial charge is 0.335 e. The Morgan fingerprint density at radius 3 is 2.67 bits per heavy atom. The minimum Gasteiger partial charge on any atom is -0.335 e. The second-order valence-electron chi connectivity index (χ2n) is 6.87. The maximum atomic E-state index is 12.8. The van der Waals surface area contributed by atoms with Crippen molar-refractivity contribution in [2.75, 3.05) is 6.54 Å². The van der Waals surface area contributed by atoms with Crippen LogP contribution < -0.4 is 0 Å². The maximum Gasteiger partial charge on any atom is 0.223 e. The zero-order valence-corrected chi connectivity index (χ0v) is 16.3. The van der Waals surface area contributed by atoms with Gasteiger partial charge in [-0.05, 0) is 38.3 Å². The molecule has 140 valence electrons. The van der Waals surface area contributed by atoms with Crippen molar-refractivity contribution in [2.45, 2.75) is 40.2 Å². The fraction of sp³-hybridized carbons (Fsp3) is 0.318. The van der Waals surface area contributed by atoms with Crippen molar-refractivity contribution in [3.8, 4) is 0 Å². The van der Waals surface area contributed by atoms with Crippen molar-refractivity contribution in [1.29, 1.82) is 0 Å². The van der Waals surface area contributed by atoms with Gasteiger partial charge in [0.15, 0.2) is 5.65 Å². The maximum absolute atomic E-state index is 12.8. The molecule has 0 unspecified atom stereocenters. The van der Waals surface area contributed by atoms with Crippen molar-refractivity contribution in [3.63, 3.8) is 0 Å². The van der Waals surface area contributed by atoms with Gasteiger partial charge in [-0.3, -0.25) is 4.79 Å². The first kappa shape index (κ1) is 18.8. The fourth-order valence-electron chi connectivity index (χ4n) is 3.41. The second-order valence-corrected chi connectivity index (χ2v) is 6.87. The summed E-state index contributed by atoms with van der Waals surface area (Å²) in [6.45, 7) is 10.9. The van der Waals surface area contributed by atoms with E-state index < -0.39 is 0 Å². The van der Waals surface area contributed by atoms with Crippen LogP contribution in [-0.2, 0) is 17.8 Å². The lowest BCUT2D eigenvalue weighted by atomic mass is 10.1. The zero-order valence-electron chi connectivity index (χ0n) is 16.3. The third kappa shape index (κ3) is 4.25. The van der Waals surface area contributed by atoms with Crippen LogP contribution in [0, 0.1) is 20.8 Å². The van der Waals surface area contributed by atoms with Crippen molar-refractivity contribution >= 4 is 11.6 Å². The third-order valence-corrected chi connectivity index (χ3v) is 4.79. The number of hydrogen-bond donors (Lipinski definition) is 0. The zero-order chi connectivity index (χ0) is 19.4. The Hall–Kier alpha value is -2.95. The molecule has 27 heavy (non-hydrogen) atoms. The molecular formula is C22H26N4O. The molecule has 2 aromatic heterocycles. The monoisotopic (exact) mass is 362 g/mol. The van der Waals surface area contributed by atoms with E-state index in [2.05, 4.69) is 16.7 Å². The SMILES string of the molecule is C=CCN(Cc1ccccc1)C(=O)CCc1c(C)nc2cc(C)nn2c1C. The van der Waals surface area contributed by atoms with Gasteiger partial charge in [0, 0.05) is 37.0 Å². The predicted molar refractivity (Wildman–Crippen MR) is 108 cm³/mol. The van der Waals surface area contributed by atoms with E-state index in [-0.39, 0.29) is 5.91 Å². The molecule has 3 rings (SSSR count). The normalized spacial score (nSPS) is 10.9. The summed E-state index contributed by atoms with van der Waals surface area (Å²) in [6, 6.07) is 12.0. The Labute approximate surface area is 160 Å². The molecule has 3 aromatic rings. The number of carbonyl (C=O) groups excluding carboxylic acids is 1. The van der Waals surface area contributed by atoms with Crippen molar-refractivity contribution in [3.05, 3.63) is 77.3 Å². The van der Waals surface area contributed by atoms with Crippen LogP contribution in [-0.4, -0.2) is 31.9 Å². The Kier molecular flexibility index (Phi) is 5.69. The average Bonchev–Trinajstić information content (AvgIpc) is 3.02. The number of carbonyl (C=O) groups is 1. The van der Waals surface area contributed by atoms with E-state index in [9.17, 15) is 4.79 Å². The van der Waals surface area contributed by atoms with Crippen molar-refractivity contribution < 1.29 is 4.79 Å². The molecule has 0 bridgehead atoms. The molecule has 0 spiro atoms. The smallest absolute Gasteiger partial charge is 0.223 e. The van der Waals surface area contributed by atoms with Crippen molar-refractivity contribution in [2.24, 2.45) is 0 Å². The molecule has 0 N–H and O–H groups in total. The van der Waals surface area contributed by atoms with Gasteiger partial charge in [-0.15, -0.1) is 6.58 Å². The lowest BCUT2D eigenvalue weighted by molar-refractivity contribution is -0.131. The van der Waals surface area contributed by atoms with Gasteiger partial charge in [0.2, 0.25) is 5.91 Å². The molecule has 0 aliphatic heterocycles. The van der Waals surface area contributed by atoms with Gasteiger partial charge in [0.1, 0.15) is 0 Å². The molecular weight excluding hydrogens is 336 g/mol. The van der Waals surface area contributed by atoms with Gasteiger partial charge in [0.25, 0.3) is 0 Å². The van der Waals surface area contributed by atoms with Crippen LogP contribution >= 0.6 is 0 Å². The summed E-state index contributed by atoms with van der Waals surface area (Å²) in [6.07, 6.45) is 2.87. The van der Waals surface area contributed by atoms with E-state index in [0.29, 0.717) is 25.9 Å². The number of benzene rings is 1. The highest BCUT2D eigenvalue weighted by molar-refractivity contribution is 5.76. The molecule has 0 fully saturated rings. The molecule has 0 radical (unpaired) electrons. The second kappa shape index (κ2) is 8.16. The lowest BCUT2D eigenvalue weighted by Crippen LogP contribution is -2.31. The number of amides is 1. The average molecular weight is 362 g/mol. The van der Waals surface area contributed by atoms with Crippen molar-refractivity contribution in [1.82, 2.24) is 19.5 Å². The Morgan fingerprint density at radius 2 is 1.96 bits per heavy atom. The molecule has 2 heterocycles. The van der Waals surface area contributed by atoms with Crippen LogP contribution in [0.5, 0.6) is 0 Å². The first-order valence-electron chi connectivity index (χ1n) is 9.24. The van der Waals surface area contributed by atoms with Crippen LogP contribution in [0.3, 0.4) is 0 Å². The summed E-state index contributed by atoms with van der Waals surface area (Å²) in [7, 11) is 0. The van der Waals surface area contributed by atoms with E-state index in [4.69, 9.17) is 0 Å². The van der Waals surface area contributed by atoms with Crippen LogP contribution in [0.2, 0.25) is 0 Å². The van der Waals surface area contributed by atoms with Gasteiger partial charge < -0.3 is 4.90 Å². The number of fused-ring (bicyclic) bond motifs is 1. The minimum atomic E-state index is 0.120. The number of aryl methyl sites for hydroxylation is 3. The Morgan fingerprint density at radius 1 is 1.22 bits per heavy atom. The highest BCUT2D eigenvalue weighted by atomic mass is 16.2. The topological polar surface area (TPSA) is 50.5 Å². The van der Waals surface area contributed by atoms with Crippen LogP contribution in [0.1, 0.15) is 34.6 Å². The molecule has 0 aliphatic carbocycles. The quantitative estimate of drug-likeness (QED) is 0.601. The summed E-state index contributed by atoms with van der Waals surface area (Å²) in [5, 5.41) is 4.51. The molecule has 5 nitrogen and oxygen atoms in total. The van der Waals surface area contributed by atoms with Gasteiger partial charge in [-0.1, -0.05) is 36.4 Å². The predicted octanol–water partition coefficient (Wildman–Crippen LogP) is 3.80. The van der Waals surface area contributed by atoms with Gasteiger partial charge in [-0.2, -0.15) is 5.10 Å². The third-order valence-electron chi connectivity index (χ3n) is 4.79. The Bertz CT molecular complexity index is 959. The van der Waals surface area contributed by atoms with E-state index in [1.54, 1.807) is 6.08 Å². The standard InChI is InChI=1S/C22H26N4O/c1-5-13-25(15-19-9-7-6-8-10-19)22(27)12-11-20-17(3)23-21-14-16(2)24-26(21)18(20)4/h5-10,14H,1,11-13,15H2,2-4H3. The highest BCUT2D eigenvalue weighted by Crippen LogP contribution is 2.18. The number of nitrogens with zero attached hydrogens (tertiary/aromatic N) is 4. The number of rotatable bonds is 7. The molecule has 0 saturated heterocycles. The summed E-state index contributed by atoms with van der Waals surface area (Å²) in [5.41, 5.74) is 6.03. The highest BCUT2D eigenvalue weighted by Gasteiger charge is 2.16.